The molecule has 1 aromatic heterocycles. The SMILES string of the molecule is Nc1cccc(OCCNc2cncc(Br)c2)c1. The summed E-state index contributed by atoms with van der Waals surface area (Å²) in [5.74, 6) is 0.782. The van der Waals surface area contributed by atoms with Gasteiger partial charge in [0.15, 0.2) is 0 Å². The fraction of sp³-hybridized carbons (Fsp3) is 0.154. The molecule has 2 rings (SSSR count). The molecule has 0 aliphatic heterocycles. The van der Waals surface area contributed by atoms with E-state index in [1.807, 2.05) is 24.3 Å². The predicted octanol–water partition coefficient (Wildman–Crippen LogP) is 2.92. The molecular formula is C13H14BrN3O. The Morgan fingerprint density at radius 3 is 2.94 bits per heavy atom. The van der Waals surface area contributed by atoms with Crippen molar-refractivity contribution in [3.05, 3.63) is 47.2 Å². The highest BCUT2D eigenvalue weighted by atomic mass is 79.9. The molecule has 4 nitrogen and oxygen atoms in total. The first-order valence-electron chi connectivity index (χ1n) is 5.57. The summed E-state index contributed by atoms with van der Waals surface area (Å²) in [5.41, 5.74) is 7.33. The molecule has 0 saturated carbocycles. The predicted molar refractivity (Wildman–Crippen MR) is 76.8 cm³/mol. The first-order valence-corrected chi connectivity index (χ1v) is 6.36. The average Bonchev–Trinajstić information content (AvgIpc) is 2.35. The zero-order valence-corrected chi connectivity index (χ0v) is 11.4. The van der Waals surface area contributed by atoms with Crippen molar-refractivity contribution in [1.82, 2.24) is 4.98 Å². The summed E-state index contributed by atoms with van der Waals surface area (Å²) >= 11 is 3.37. The third-order valence-corrected chi connectivity index (χ3v) is 2.70. The molecule has 0 fully saturated rings. The van der Waals surface area contributed by atoms with E-state index >= 15 is 0 Å². The largest absolute Gasteiger partial charge is 0.492 e. The standard InChI is InChI=1S/C13H14BrN3O/c14-10-6-12(9-16-8-10)17-4-5-18-13-3-1-2-11(15)7-13/h1-3,6-9,17H,4-5,15H2. The lowest BCUT2D eigenvalue weighted by molar-refractivity contribution is 0.333. The molecule has 5 heteroatoms. The van der Waals surface area contributed by atoms with Crippen molar-refractivity contribution >= 4 is 27.3 Å². The Kier molecular flexibility index (Phi) is 4.41. The van der Waals surface area contributed by atoms with Crippen LogP contribution in [0.25, 0.3) is 0 Å². The highest BCUT2D eigenvalue weighted by Gasteiger charge is 1.96. The van der Waals surface area contributed by atoms with E-state index in [2.05, 4.69) is 26.2 Å². The highest BCUT2D eigenvalue weighted by Crippen LogP contribution is 2.15. The van der Waals surface area contributed by atoms with Crippen molar-refractivity contribution in [2.24, 2.45) is 0 Å². The minimum absolute atomic E-state index is 0.565. The van der Waals surface area contributed by atoms with Crippen LogP contribution in [0.1, 0.15) is 0 Å². The van der Waals surface area contributed by atoms with Gasteiger partial charge < -0.3 is 15.8 Å². The number of hydrogen-bond acceptors (Lipinski definition) is 4. The normalized spacial score (nSPS) is 10.1. The minimum Gasteiger partial charge on any atom is -0.492 e. The zero-order chi connectivity index (χ0) is 12.8. The van der Waals surface area contributed by atoms with Crippen LogP contribution in [0.4, 0.5) is 11.4 Å². The number of benzene rings is 1. The maximum atomic E-state index is 5.66. The molecule has 0 amide bonds. The van der Waals surface area contributed by atoms with Crippen molar-refractivity contribution in [1.29, 1.82) is 0 Å². The number of anilines is 2. The van der Waals surface area contributed by atoms with Gasteiger partial charge in [0.2, 0.25) is 0 Å². The van der Waals surface area contributed by atoms with Crippen LogP contribution in [0, 0.1) is 0 Å². The quantitative estimate of drug-likeness (QED) is 0.658. The number of nitrogen functional groups attached to an aromatic ring is 1. The molecule has 0 unspecified atom stereocenters. The number of nitrogens with one attached hydrogen (secondary N) is 1. The summed E-state index contributed by atoms with van der Waals surface area (Å²) in [6, 6.07) is 9.36. The number of halogens is 1. The van der Waals surface area contributed by atoms with E-state index < -0.39 is 0 Å². The number of hydrogen-bond donors (Lipinski definition) is 2. The van der Waals surface area contributed by atoms with Crippen LogP contribution in [0.3, 0.4) is 0 Å². The Morgan fingerprint density at radius 2 is 2.17 bits per heavy atom. The van der Waals surface area contributed by atoms with Crippen LogP contribution in [0.2, 0.25) is 0 Å². The van der Waals surface area contributed by atoms with Gasteiger partial charge in [0.25, 0.3) is 0 Å². The molecule has 0 radical (unpaired) electrons. The highest BCUT2D eigenvalue weighted by molar-refractivity contribution is 9.10. The summed E-state index contributed by atoms with van der Waals surface area (Å²) in [4.78, 5) is 4.07. The molecule has 0 aliphatic carbocycles. The summed E-state index contributed by atoms with van der Waals surface area (Å²) < 4.78 is 6.51. The molecule has 1 heterocycles. The van der Waals surface area contributed by atoms with Crippen molar-refractivity contribution in [3.63, 3.8) is 0 Å². The van der Waals surface area contributed by atoms with E-state index in [0.717, 1.165) is 15.9 Å². The van der Waals surface area contributed by atoms with E-state index in [1.54, 1.807) is 18.5 Å². The van der Waals surface area contributed by atoms with Crippen LogP contribution in [-0.4, -0.2) is 18.1 Å². The first-order chi connectivity index (χ1) is 8.74. The summed E-state index contributed by atoms with van der Waals surface area (Å²) in [7, 11) is 0. The van der Waals surface area contributed by atoms with E-state index in [9.17, 15) is 0 Å². The van der Waals surface area contributed by atoms with Crippen molar-refractivity contribution in [2.75, 3.05) is 24.2 Å². The Labute approximate surface area is 114 Å². The van der Waals surface area contributed by atoms with Crippen molar-refractivity contribution in [3.8, 4) is 5.75 Å². The van der Waals surface area contributed by atoms with E-state index in [-0.39, 0.29) is 0 Å². The van der Waals surface area contributed by atoms with Crippen molar-refractivity contribution in [2.45, 2.75) is 0 Å². The van der Waals surface area contributed by atoms with E-state index in [0.29, 0.717) is 18.8 Å². The second kappa shape index (κ2) is 6.26. The molecule has 94 valence electrons. The topological polar surface area (TPSA) is 60.2 Å². The Bertz CT molecular complexity index is 472. The molecule has 2 aromatic rings. The number of ether oxygens (including phenoxy) is 1. The van der Waals surface area contributed by atoms with Gasteiger partial charge >= 0.3 is 0 Å². The Balaban J connectivity index is 1.76. The summed E-state index contributed by atoms with van der Waals surface area (Å²) in [6.07, 6.45) is 3.51. The zero-order valence-electron chi connectivity index (χ0n) is 9.77. The van der Waals surface area contributed by atoms with Gasteiger partial charge in [-0.2, -0.15) is 0 Å². The van der Waals surface area contributed by atoms with Gasteiger partial charge in [0, 0.05) is 29.0 Å². The minimum atomic E-state index is 0.565. The van der Waals surface area contributed by atoms with Gasteiger partial charge in [-0.25, -0.2) is 0 Å². The number of aromatic nitrogens is 1. The number of pyridine rings is 1. The second-order valence-corrected chi connectivity index (χ2v) is 4.66. The van der Waals surface area contributed by atoms with Crippen LogP contribution < -0.4 is 15.8 Å². The lowest BCUT2D eigenvalue weighted by Crippen LogP contribution is -2.11. The lowest BCUT2D eigenvalue weighted by Gasteiger charge is -2.08. The van der Waals surface area contributed by atoms with Crippen LogP contribution in [0.15, 0.2) is 47.2 Å². The molecule has 18 heavy (non-hydrogen) atoms. The monoisotopic (exact) mass is 307 g/mol. The van der Waals surface area contributed by atoms with E-state index in [4.69, 9.17) is 10.5 Å². The van der Waals surface area contributed by atoms with Crippen LogP contribution >= 0.6 is 15.9 Å². The average molecular weight is 308 g/mol. The number of nitrogens with two attached hydrogens (primary N) is 1. The number of rotatable bonds is 5. The molecule has 3 N–H and O–H groups in total. The van der Waals surface area contributed by atoms with Gasteiger partial charge in [0.05, 0.1) is 11.9 Å². The fourth-order valence-corrected chi connectivity index (χ4v) is 1.84. The van der Waals surface area contributed by atoms with Crippen molar-refractivity contribution < 1.29 is 4.74 Å². The molecule has 0 saturated heterocycles. The molecular weight excluding hydrogens is 294 g/mol. The van der Waals surface area contributed by atoms with Gasteiger partial charge in [-0.3, -0.25) is 4.98 Å². The van der Waals surface area contributed by atoms with Gasteiger partial charge in [-0.05, 0) is 34.1 Å². The van der Waals surface area contributed by atoms with Gasteiger partial charge in [-0.1, -0.05) is 6.07 Å². The fourth-order valence-electron chi connectivity index (χ4n) is 1.48. The van der Waals surface area contributed by atoms with Gasteiger partial charge in [-0.15, -0.1) is 0 Å². The molecule has 0 bridgehead atoms. The molecule has 0 spiro atoms. The summed E-state index contributed by atoms with van der Waals surface area (Å²) in [6.45, 7) is 1.27. The lowest BCUT2D eigenvalue weighted by atomic mass is 10.3. The maximum Gasteiger partial charge on any atom is 0.121 e. The maximum absolute atomic E-state index is 5.66. The third-order valence-electron chi connectivity index (χ3n) is 2.26. The van der Waals surface area contributed by atoms with Gasteiger partial charge in [0.1, 0.15) is 12.4 Å². The van der Waals surface area contributed by atoms with E-state index in [1.165, 1.54) is 0 Å². The number of nitrogens with zero attached hydrogens (tertiary/aromatic N) is 1. The second-order valence-electron chi connectivity index (χ2n) is 3.74. The summed E-state index contributed by atoms with van der Waals surface area (Å²) in [5, 5.41) is 3.22. The molecule has 1 aromatic carbocycles. The first kappa shape index (κ1) is 12.7. The molecule has 0 atom stereocenters. The molecule has 0 aliphatic rings. The Hall–Kier alpha value is -1.75. The van der Waals surface area contributed by atoms with Crippen LogP contribution in [-0.2, 0) is 0 Å². The smallest absolute Gasteiger partial charge is 0.121 e. The Morgan fingerprint density at radius 1 is 1.28 bits per heavy atom. The van der Waals surface area contributed by atoms with Crippen LogP contribution in [0.5, 0.6) is 5.75 Å². The third kappa shape index (κ3) is 3.92.